The highest BCUT2D eigenvalue weighted by Crippen LogP contribution is 2.20. The second kappa shape index (κ2) is 4.53. The molecule has 0 radical (unpaired) electrons. The molecule has 16 heavy (non-hydrogen) atoms. The van der Waals surface area contributed by atoms with Crippen molar-refractivity contribution in [3.05, 3.63) is 29.8 Å². The minimum absolute atomic E-state index is 0.0171. The van der Waals surface area contributed by atoms with Crippen LogP contribution in [0.1, 0.15) is 23.2 Å². The van der Waals surface area contributed by atoms with Crippen molar-refractivity contribution in [2.75, 3.05) is 18.9 Å². The molecule has 4 nitrogen and oxygen atoms in total. The van der Waals surface area contributed by atoms with E-state index in [1.165, 1.54) is 0 Å². The first-order valence-corrected chi connectivity index (χ1v) is 5.49. The third kappa shape index (κ3) is 2.02. The summed E-state index contributed by atoms with van der Waals surface area (Å²) in [5.41, 5.74) is 6.85. The van der Waals surface area contributed by atoms with E-state index in [4.69, 9.17) is 10.8 Å². The van der Waals surface area contributed by atoms with Crippen LogP contribution in [0.25, 0.3) is 0 Å². The zero-order valence-corrected chi connectivity index (χ0v) is 9.10. The maximum atomic E-state index is 12.1. The van der Waals surface area contributed by atoms with Crippen LogP contribution in [0.15, 0.2) is 24.3 Å². The number of nitrogens with zero attached hydrogens (tertiary/aromatic N) is 1. The molecule has 1 unspecified atom stereocenters. The molecule has 0 bridgehead atoms. The van der Waals surface area contributed by atoms with Crippen LogP contribution in [0, 0.1) is 0 Å². The second-order valence-corrected chi connectivity index (χ2v) is 4.10. The third-order valence-corrected chi connectivity index (χ3v) is 3.01. The fourth-order valence-electron chi connectivity index (χ4n) is 2.08. The van der Waals surface area contributed by atoms with Gasteiger partial charge >= 0.3 is 0 Å². The number of nitrogens with two attached hydrogens (primary N) is 1. The maximum Gasteiger partial charge on any atom is 0.254 e. The number of rotatable bonds is 2. The Labute approximate surface area is 94.7 Å². The summed E-state index contributed by atoms with van der Waals surface area (Å²) in [6, 6.07) is 6.87. The molecule has 1 heterocycles. The third-order valence-electron chi connectivity index (χ3n) is 3.01. The Kier molecular flexibility index (Phi) is 3.10. The molecule has 0 aromatic heterocycles. The Morgan fingerprint density at radius 3 is 2.75 bits per heavy atom. The number of carbonyl (C=O) groups is 1. The van der Waals surface area contributed by atoms with Gasteiger partial charge in [-0.25, -0.2) is 0 Å². The van der Waals surface area contributed by atoms with E-state index in [9.17, 15) is 4.79 Å². The largest absolute Gasteiger partial charge is 0.399 e. The molecule has 1 aliphatic heterocycles. The number of benzene rings is 1. The summed E-state index contributed by atoms with van der Waals surface area (Å²) in [5.74, 6) is -0.0171. The van der Waals surface area contributed by atoms with E-state index in [2.05, 4.69) is 0 Å². The minimum atomic E-state index is -0.0231. The molecule has 1 fully saturated rings. The van der Waals surface area contributed by atoms with Crippen LogP contribution in [-0.2, 0) is 0 Å². The number of anilines is 1. The van der Waals surface area contributed by atoms with Gasteiger partial charge < -0.3 is 15.7 Å². The molecule has 1 aromatic rings. The van der Waals surface area contributed by atoms with Crippen LogP contribution < -0.4 is 5.73 Å². The number of aliphatic hydroxyl groups excluding tert-OH is 1. The van der Waals surface area contributed by atoms with Crippen molar-refractivity contribution in [2.24, 2.45) is 0 Å². The molecule has 0 spiro atoms. The van der Waals surface area contributed by atoms with E-state index in [1.807, 2.05) is 0 Å². The summed E-state index contributed by atoms with van der Waals surface area (Å²) >= 11 is 0. The van der Waals surface area contributed by atoms with E-state index in [1.54, 1.807) is 29.2 Å². The van der Waals surface area contributed by atoms with Crippen LogP contribution in [0.5, 0.6) is 0 Å². The quantitative estimate of drug-likeness (QED) is 0.727. The van der Waals surface area contributed by atoms with Gasteiger partial charge in [0.1, 0.15) is 0 Å². The van der Waals surface area contributed by atoms with Crippen LogP contribution in [0.2, 0.25) is 0 Å². The van der Waals surface area contributed by atoms with Gasteiger partial charge in [-0.2, -0.15) is 0 Å². The fraction of sp³-hybridized carbons (Fsp3) is 0.417. The summed E-state index contributed by atoms with van der Waals surface area (Å²) in [4.78, 5) is 13.8. The average molecular weight is 220 g/mol. The molecule has 1 atom stereocenters. The Balaban J connectivity index is 2.15. The first-order valence-electron chi connectivity index (χ1n) is 5.49. The standard InChI is InChI=1S/C12H16N2O2/c13-10-5-3-9(4-6-10)12(16)14-7-1-2-11(14)8-15/h3-6,11,15H,1-2,7-8,13H2. The Hall–Kier alpha value is -1.55. The Morgan fingerprint density at radius 2 is 2.12 bits per heavy atom. The predicted octanol–water partition coefficient (Wildman–Crippen LogP) is 0.866. The molecule has 86 valence electrons. The Bertz CT molecular complexity index is 375. The number of carbonyl (C=O) groups excluding carboxylic acids is 1. The van der Waals surface area contributed by atoms with Gasteiger partial charge in [-0.15, -0.1) is 0 Å². The van der Waals surface area contributed by atoms with Crippen molar-refractivity contribution in [1.82, 2.24) is 4.90 Å². The van der Waals surface area contributed by atoms with Crippen molar-refractivity contribution in [3.63, 3.8) is 0 Å². The number of hydrogen-bond donors (Lipinski definition) is 2. The lowest BCUT2D eigenvalue weighted by Gasteiger charge is -2.23. The van der Waals surface area contributed by atoms with Crippen LogP contribution in [-0.4, -0.2) is 35.1 Å². The van der Waals surface area contributed by atoms with Gasteiger partial charge in [0.2, 0.25) is 0 Å². The predicted molar refractivity (Wildman–Crippen MR) is 62.0 cm³/mol. The van der Waals surface area contributed by atoms with Crippen LogP contribution >= 0.6 is 0 Å². The SMILES string of the molecule is Nc1ccc(C(=O)N2CCCC2CO)cc1. The molecule has 3 N–H and O–H groups in total. The van der Waals surface area contributed by atoms with Gasteiger partial charge in [0.05, 0.1) is 12.6 Å². The smallest absolute Gasteiger partial charge is 0.254 e. The summed E-state index contributed by atoms with van der Waals surface area (Å²) in [7, 11) is 0. The van der Waals surface area contributed by atoms with Crippen LogP contribution in [0.3, 0.4) is 0 Å². The van der Waals surface area contributed by atoms with Gasteiger partial charge in [-0.3, -0.25) is 4.79 Å². The number of hydrogen-bond acceptors (Lipinski definition) is 3. The number of amides is 1. The van der Waals surface area contributed by atoms with E-state index in [0.29, 0.717) is 11.3 Å². The van der Waals surface area contributed by atoms with Crippen LogP contribution in [0.4, 0.5) is 5.69 Å². The first kappa shape index (κ1) is 11.0. The maximum absolute atomic E-state index is 12.1. The molecular weight excluding hydrogens is 204 g/mol. The van der Waals surface area contributed by atoms with Gasteiger partial charge in [-0.05, 0) is 37.1 Å². The lowest BCUT2D eigenvalue weighted by atomic mass is 10.1. The van der Waals surface area contributed by atoms with Crippen molar-refractivity contribution >= 4 is 11.6 Å². The molecule has 1 saturated heterocycles. The van der Waals surface area contributed by atoms with Crippen molar-refractivity contribution in [1.29, 1.82) is 0 Å². The molecule has 0 saturated carbocycles. The lowest BCUT2D eigenvalue weighted by molar-refractivity contribution is 0.0677. The zero-order chi connectivity index (χ0) is 11.5. The minimum Gasteiger partial charge on any atom is -0.399 e. The summed E-state index contributed by atoms with van der Waals surface area (Å²) in [6.45, 7) is 0.773. The fourth-order valence-corrected chi connectivity index (χ4v) is 2.08. The monoisotopic (exact) mass is 220 g/mol. The van der Waals surface area contributed by atoms with E-state index in [0.717, 1.165) is 19.4 Å². The van der Waals surface area contributed by atoms with Gasteiger partial charge in [0.15, 0.2) is 0 Å². The normalized spacial score (nSPS) is 20.1. The first-order chi connectivity index (χ1) is 7.72. The van der Waals surface area contributed by atoms with E-state index in [-0.39, 0.29) is 18.6 Å². The Morgan fingerprint density at radius 1 is 1.44 bits per heavy atom. The number of nitrogen functional groups attached to an aromatic ring is 1. The lowest BCUT2D eigenvalue weighted by Crippen LogP contribution is -2.37. The molecule has 1 amide bonds. The molecule has 0 aliphatic carbocycles. The highest BCUT2D eigenvalue weighted by molar-refractivity contribution is 5.94. The van der Waals surface area contributed by atoms with Gasteiger partial charge in [-0.1, -0.05) is 0 Å². The van der Waals surface area contributed by atoms with Crippen molar-refractivity contribution in [3.8, 4) is 0 Å². The molecular formula is C12H16N2O2. The van der Waals surface area contributed by atoms with Gasteiger partial charge in [0, 0.05) is 17.8 Å². The highest BCUT2D eigenvalue weighted by atomic mass is 16.3. The van der Waals surface area contributed by atoms with E-state index < -0.39 is 0 Å². The van der Waals surface area contributed by atoms with Crippen molar-refractivity contribution in [2.45, 2.75) is 18.9 Å². The highest BCUT2D eigenvalue weighted by Gasteiger charge is 2.28. The van der Waals surface area contributed by atoms with E-state index >= 15 is 0 Å². The summed E-state index contributed by atoms with van der Waals surface area (Å²) in [5, 5.41) is 9.16. The summed E-state index contributed by atoms with van der Waals surface area (Å²) in [6.07, 6.45) is 1.85. The molecule has 1 aliphatic rings. The molecule has 4 heteroatoms. The molecule has 1 aromatic carbocycles. The topological polar surface area (TPSA) is 66.6 Å². The molecule has 2 rings (SSSR count). The second-order valence-electron chi connectivity index (χ2n) is 4.10. The number of aliphatic hydroxyl groups is 1. The van der Waals surface area contributed by atoms with Gasteiger partial charge in [0.25, 0.3) is 5.91 Å². The average Bonchev–Trinajstić information content (AvgIpc) is 2.77. The zero-order valence-electron chi connectivity index (χ0n) is 9.10. The van der Waals surface area contributed by atoms with Crippen molar-refractivity contribution < 1.29 is 9.90 Å². The number of likely N-dealkylation sites (tertiary alicyclic amines) is 1. The summed E-state index contributed by atoms with van der Waals surface area (Å²) < 4.78 is 0.